The van der Waals surface area contributed by atoms with Crippen molar-refractivity contribution in [2.75, 3.05) is 45.8 Å². The van der Waals surface area contributed by atoms with Crippen molar-refractivity contribution in [1.29, 1.82) is 0 Å². The van der Waals surface area contributed by atoms with Gasteiger partial charge in [0.05, 0.1) is 21.1 Å². The van der Waals surface area contributed by atoms with Gasteiger partial charge in [-0.25, -0.2) is 0 Å². The van der Waals surface area contributed by atoms with Gasteiger partial charge in [-0.3, -0.25) is 0 Å². The second-order valence-corrected chi connectivity index (χ2v) is 16.1. The average molecular weight is 368 g/mol. The molecule has 0 unspecified atom stereocenters. The summed E-state index contributed by atoms with van der Waals surface area (Å²) in [6.07, 6.45) is 4.82. The molecule has 0 aliphatic rings. The first-order valence-electron chi connectivity index (χ1n) is 8.18. The zero-order valence-corrected chi connectivity index (χ0v) is 18.0. The van der Waals surface area contributed by atoms with E-state index >= 15 is 0 Å². The van der Waals surface area contributed by atoms with E-state index in [0.717, 1.165) is 11.0 Å². The maximum absolute atomic E-state index is 6.67. The number of hydrogen-bond donors (Lipinski definition) is 0. The molecule has 1 rings (SSSR count). The van der Waals surface area contributed by atoms with Crippen LogP contribution in [0.4, 0.5) is 0 Å². The summed E-state index contributed by atoms with van der Waals surface area (Å²) in [5.74, 6) is -1.68. The fourth-order valence-corrected chi connectivity index (χ4v) is 5.16. The third kappa shape index (κ3) is 8.73. The number of benzene rings is 1. The minimum Gasteiger partial charge on any atom is -1.00 e. The molecule has 0 aromatic heterocycles. The second kappa shape index (κ2) is 10.1. The van der Waals surface area contributed by atoms with Gasteiger partial charge >= 0.3 is 69.5 Å². The Bertz CT molecular complexity index is 374. The molecule has 0 aliphatic heterocycles. The Balaban J connectivity index is 0. The first-order valence-corrected chi connectivity index (χ1v) is 12.1. The smallest absolute Gasteiger partial charge is 0.104 e. The molecule has 0 amide bonds. The van der Waals surface area contributed by atoms with Crippen molar-refractivity contribution in [1.82, 2.24) is 0 Å². The van der Waals surface area contributed by atoms with E-state index in [4.69, 9.17) is 11.2 Å². The van der Waals surface area contributed by atoms with Gasteiger partial charge < -0.3 is 16.9 Å². The summed E-state index contributed by atoms with van der Waals surface area (Å²) in [5.41, 5.74) is 1.40. The number of nitrogens with zero attached hydrogens (tertiary/aromatic N) is 1. The molecule has 1 aromatic rings. The first-order chi connectivity index (χ1) is 9.62. The van der Waals surface area contributed by atoms with Crippen molar-refractivity contribution >= 4 is 17.2 Å². The van der Waals surface area contributed by atoms with Crippen LogP contribution in [0.15, 0.2) is 30.3 Å². The summed E-state index contributed by atoms with van der Waals surface area (Å²) in [7, 11) is 6.60. The first kappa shape index (κ1) is 24.4. The predicted octanol–water partition coefficient (Wildman–Crippen LogP) is 2.67. The molecule has 132 valence electrons. The van der Waals surface area contributed by atoms with E-state index in [9.17, 15) is 0 Å². The van der Waals surface area contributed by atoms with Crippen LogP contribution in [0.25, 0.3) is 0 Å². The van der Waals surface area contributed by atoms with Crippen LogP contribution in [0, 0.1) is 0 Å². The summed E-state index contributed by atoms with van der Waals surface area (Å²) in [5, 5.41) is 0. The van der Waals surface area contributed by atoms with Crippen molar-refractivity contribution in [3.63, 3.8) is 0 Å². The predicted molar refractivity (Wildman–Crippen MR) is 103 cm³/mol. The van der Waals surface area contributed by atoms with Crippen molar-refractivity contribution in [3.8, 4) is 0 Å². The summed E-state index contributed by atoms with van der Waals surface area (Å²) >= 11 is 6.67. The summed E-state index contributed by atoms with van der Waals surface area (Å²) in [6.45, 7) is 10.0. The maximum atomic E-state index is 6.67. The molecule has 1 aromatic carbocycles. The Labute approximate surface area is 150 Å². The maximum Gasteiger partial charge on any atom is 0.104 e. The molecular formula is C18H36Cl2NP. The third-order valence-electron chi connectivity index (χ3n) is 4.66. The Morgan fingerprint density at radius 3 is 1.41 bits per heavy atom. The molecule has 0 spiro atoms. The van der Waals surface area contributed by atoms with Crippen LogP contribution in [0.1, 0.15) is 33.3 Å². The van der Waals surface area contributed by atoms with Gasteiger partial charge in [-0.1, -0.05) is 30.3 Å². The van der Waals surface area contributed by atoms with E-state index in [2.05, 4.69) is 79.2 Å². The van der Waals surface area contributed by atoms with Crippen LogP contribution >= 0.6 is 17.2 Å². The average Bonchev–Trinajstić information content (AvgIpc) is 2.47. The second-order valence-electron chi connectivity index (χ2n) is 7.02. The topological polar surface area (TPSA) is 0 Å². The van der Waals surface area contributed by atoms with Crippen LogP contribution in [0.3, 0.4) is 0 Å². The summed E-state index contributed by atoms with van der Waals surface area (Å²) in [4.78, 5) is 0. The molecule has 0 radical (unpaired) electrons. The van der Waals surface area contributed by atoms with Crippen molar-refractivity contribution in [3.05, 3.63) is 35.9 Å². The van der Waals surface area contributed by atoms with Crippen molar-refractivity contribution in [2.45, 2.75) is 34.2 Å². The van der Waals surface area contributed by atoms with Crippen LogP contribution < -0.4 is 12.4 Å². The van der Waals surface area contributed by atoms with Gasteiger partial charge in [0.15, 0.2) is 0 Å². The molecule has 0 aliphatic carbocycles. The molecule has 4 heteroatoms. The van der Waals surface area contributed by atoms with Crippen LogP contribution in [0.5, 0.6) is 0 Å². The fraction of sp³-hybridized carbons (Fsp3) is 0.667. The molecule has 0 saturated carbocycles. The van der Waals surface area contributed by atoms with E-state index in [1.54, 1.807) is 0 Å². The summed E-state index contributed by atoms with van der Waals surface area (Å²) < 4.78 is 0.990. The Morgan fingerprint density at radius 2 is 1.18 bits per heavy atom. The van der Waals surface area contributed by atoms with Crippen LogP contribution in [-0.4, -0.2) is 50.3 Å². The minimum absolute atomic E-state index is 0. The molecule has 0 fully saturated rings. The zero-order valence-electron chi connectivity index (χ0n) is 15.6. The normalized spacial score (nSPS) is 13.2. The number of halogens is 2. The molecule has 0 bridgehead atoms. The minimum atomic E-state index is -1.68. The van der Waals surface area contributed by atoms with E-state index in [1.807, 2.05) is 0 Å². The van der Waals surface area contributed by atoms with Gasteiger partial charge in [0.25, 0.3) is 0 Å². The monoisotopic (exact) mass is 367 g/mol. The van der Waals surface area contributed by atoms with Gasteiger partial charge in [-0.05, 0) is 0 Å². The van der Waals surface area contributed by atoms with E-state index in [1.165, 1.54) is 30.2 Å². The number of rotatable bonds is 6. The number of hydrogen-bond acceptors (Lipinski definition) is 0. The Morgan fingerprint density at radius 1 is 0.818 bits per heavy atom. The van der Waals surface area contributed by atoms with Crippen LogP contribution in [-0.2, 0) is 6.54 Å². The van der Waals surface area contributed by atoms with E-state index in [0.29, 0.717) is 0 Å². The molecular weight excluding hydrogens is 332 g/mol. The number of quaternary nitrogens is 1. The van der Waals surface area contributed by atoms with Crippen molar-refractivity contribution < 1.29 is 16.9 Å². The van der Waals surface area contributed by atoms with Crippen LogP contribution in [0.2, 0.25) is 0 Å². The van der Waals surface area contributed by atoms with E-state index < -0.39 is 5.96 Å². The van der Waals surface area contributed by atoms with Gasteiger partial charge in [0, 0.05) is 5.56 Å². The molecule has 0 heterocycles. The van der Waals surface area contributed by atoms with E-state index in [-0.39, 0.29) is 12.4 Å². The Kier molecular flexibility index (Phi) is 11.3. The molecule has 0 N–H and O–H groups in total. The van der Waals surface area contributed by atoms with Crippen molar-refractivity contribution in [2.24, 2.45) is 0 Å². The third-order valence-corrected chi connectivity index (χ3v) is 13.9. The van der Waals surface area contributed by atoms with Gasteiger partial charge in [0.1, 0.15) is 6.54 Å². The quantitative estimate of drug-likeness (QED) is 0.535. The fourth-order valence-electron chi connectivity index (χ4n) is 2.47. The zero-order chi connectivity index (χ0) is 16.6. The molecule has 0 atom stereocenters. The SMILES string of the molecule is CCP(Cl)(CC)(CC)CC.C[N+](C)(C)Cc1ccccc1.[Cl-]. The molecule has 0 saturated heterocycles. The molecule has 1 nitrogen and oxygen atoms in total. The molecule has 22 heavy (non-hydrogen) atoms. The Hall–Kier alpha value is 0.190. The van der Waals surface area contributed by atoms with Gasteiger partial charge in [-0.15, -0.1) is 0 Å². The largest absolute Gasteiger partial charge is 1.00 e. The standard InChI is InChI=1S/C10H16N.C8H20ClP.ClH/c1-11(2,3)9-10-7-5-4-6-8-10;1-5-10(9,6-2,7-3)8-4;/h4-8H,9H2,1-3H3;5-8H2,1-4H3;1H/q+1;;/p-1. The summed E-state index contributed by atoms with van der Waals surface area (Å²) in [6, 6.07) is 10.6. The van der Waals surface area contributed by atoms with Gasteiger partial charge in [-0.2, -0.15) is 0 Å². The van der Waals surface area contributed by atoms with Gasteiger partial charge in [0.2, 0.25) is 0 Å².